The summed E-state index contributed by atoms with van der Waals surface area (Å²) in [5, 5.41) is 3.56. The third kappa shape index (κ3) is 3.48. The minimum absolute atomic E-state index is 0.763. The van der Waals surface area contributed by atoms with Gasteiger partial charge in [-0.2, -0.15) is 0 Å². The smallest absolute Gasteiger partial charge is 0.0381 e. The molecule has 1 N–H and O–H groups in total. The maximum atomic E-state index is 3.58. The van der Waals surface area contributed by atoms with Crippen LogP contribution < -0.4 is 5.32 Å². The van der Waals surface area contributed by atoms with E-state index in [0.29, 0.717) is 0 Å². The standard InChI is InChI=1S/C15H23BrN2/c1-12-14(16)7-5-8-15(12)17-10-9-13-6-3-4-11-18(13)2/h5,7-8,13,17H,3-4,6,9-11H2,1-2H3. The van der Waals surface area contributed by atoms with Gasteiger partial charge in [-0.3, -0.25) is 0 Å². The van der Waals surface area contributed by atoms with Gasteiger partial charge >= 0.3 is 0 Å². The topological polar surface area (TPSA) is 15.3 Å². The Bertz CT molecular complexity index is 392. The number of nitrogens with one attached hydrogen (secondary N) is 1. The monoisotopic (exact) mass is 310 g/mol. The molecule has 1 aliphatic heterocycles. The molecule has 0 aromatic heterocycles. The molecule has 1 atom stereocenters. The summed E-state index contributed by atoms with van der Waals surface area (Å²) >= 11 is 3.58. The van der Waals surface area contributed by atoms with Crippen molar-refractivity contribution in [2.45, 2.75) is 38.6 Å². The van der Waals surface area contributed by atoms with Crippen LogP contribution in [0.3, 0.4) is 0 Å². The van der Waals surface area contributed by atoms with Crippen molar-refractivity contribution >= 4 is 21.6 Å². The number of piperidine rings is 1. The fourth-order valence-corrected chi connectivity index (χ4v) is 3.05. The van der Waals surface area contributed by atoms with Crippen molar-refractivity contribution in [3.05, 3.63) is 28.2 Å². The summed E-state index contributed by atoms with van der Waals surface area (Å²) in [6.07, 6.45) is 5.36. The van der Waals surface area contributed by atoms with Gasteiger partial charge in [-0.25, -0.2) is 0 Å². The molecule has 100 valence electrons. The Morgan fingerprint density at radius 2 is 2.22 bits per heavy atom. The zero-order chi connectivity index (χ0) is 13.0. The molecule has 0 amide bonds. The zero-order valence-corrected chi connectivity index (χ0v) is 13.0. The lowest BCUT2D eigenvalue weighted by Crippen LogP contribution is -2.37. The normalized spacial score (nSPS) is 20.9. The number of likely N-dealkylation sites (tertiary alicyclic amines) is 1. The van der Waals surface area contributed by atoms with Gasteiger partial charge in [-0.05, 0) is 57.5 Å². The summed E-state index contributed by atoms with van der Waals surface area (Å²) in [5.74, 6) is 0. The Labute approximate surface area is 119 Å². The van der Waals surface area contributed by atoms with Crippen molar-refractivity contribution < 1.29 is 0 Å². The van der Waals surface area contributed by atoms with Gasteiger partial charge in [0.15, 0.2) is 0 Å². The zero-order valence-electron chi connectivity index (χ0n) is 11.4. The second-order valence-corrected chi connectivity index (χ2v) is 6.11. The molecule has 1 aromatic carbocycles. The van der Waals surface area contributed by atoms with Crippen LogP contribution in [-0.4, -0.2) is 31.1 Å². The van der Waals surface area contributed by atoms with E-state index < -0.39 is 0 Å². The first-order valence-electron chi connectivity index (χ1n) is 6.87. The summed E-state index contributed by atoms with van der Waals surface area (Å²) in [6.45, 7) is 4.48. The molecule has 0 bridgehead atoms. The number of hydrogen-bond acceptors (Lipinski definition) is 2. The predicted molar refractivity (Wildman–Crippen MR) is 82.3 cm³/mol. The minimum atomic E-state index is 0.763. The fourth-order valence-electron chi connectivity index (χ4n) is 2.68. The molecule has 18 heavy (non-hydrogen) atoms. The quantitative estimate of drug-likeness (QED) is 0.902. The van der Waals surface area contributed by atoms with E-state index in [-0.39, 0.29) is 0 Å². The first-order valence-corrected chi connectivity index (χ1v) is 7.67. The van der Waals surface area contributed by atoms with Crippen LogP contribution in [0.2, 0.25) is 0 Å². The molecule has 1 fully saturated rings. The van der Waals surface area contributed by atoms with Crippen LogP contribution in [0.5, 0.6) is 0 Å². The summed E-state index contributed by atoms with van der Waals surface area (Å²) < 4.78 is 1.18. The molecule has 2 rings (SSSR count). The molecule has 0 radical (unpaired) electrons. The van der Waals surface area contributed by atoms with Gasteiger partial charge in [0, 0.05) is 22.7 Å². The molecule has 1 unspecified atom stereocenters. The lowest BCUT2D eigenvalue weighted by Gasteiger charge is -2.32. The molecule has 1 saturated heterocycles. The van der Waals surface area contributed by atoms with Gasteiger partial charge < -0.3 is 10.2 Å². The first kappa shape index (κ1) is 13.9. The number of rotatable bonds is 4. The molecular formula is C15H23BrN2. The van der Waals surface area contributed by atoms with Crippen molar-refractivity contribution in [1.29, 1.82) is 0 Å². The van der Waals surface area contributed by atoms with Crippen LogP contribution in [0.25, 0.3) is 0 Å². The highest BCUT2D eigenvalue weighted by Crippen LogP contribution is 2.24. The largest absolute Gasteiger partial charge is 0.385 e. The van der Waals surface area contributed by atoms with E-state index in [1.54, 1.807) is 0 Å². The summed E-state index contributed by atoms with van der Waals surface area (Å²) in [5.41, 5.74) is 2.55. The van der Waals surface area contributed by atoms with Gasteiger partial charge in [0.2, 0.25) is 0 Å². The van der Waals surface area contributed by atoms with E-state index in [1.165, 1.54) is 48.0 Å². The van der Waals surface area contributed by atoms with E-state index in [2.05, 4.69) is 58.3 Å². The van der Waals surface area contributed by atoms with E-state index in [9.17, 15) is 0 Å². The fraction of sp³-hybridized carbons (Fsp3) is 0.600. The lowest BCUT2D eigenvalue weighted by atomic mass is 10.00. The maximum absolute atomic E-state index is 3.58. The maximum Gasteiger partial charge on any atom is 0.0381 e. The molecule has 1 aliphatic rings. The number of anilines is 1. The van der Waals surface area contributed by atoms with Gasteiger partial charge in [-0.1, -0.05) is 28.4 Å². The summed E-state index contributed by atoms with van der Waals surface area (Å²) in [7, 11) is 2.26. The molecular weight excluding hydrogens is 288 g/mol. The Hall–Kier alpha value is -0.540. The summed E-state index contributed by atoms with van der Waals surface area (Å²) in [6, 6.07) is 7.10. The molecule has 2 nitrogen and oxygen atoms in total. The Morgan fingerprint density at radius 3 is 3.00 bits per heavy atom. The van der Waals surface area contributed by atoms with Crippen LogP contribution in [0, 0.1) is 6.92 Å². The number of halogens is 1. The number of hydrogen-bond donors (Lipinski definition) is 1. The summed E-state index contributed by atoms with van der Waals surface area (Å²) in [4.78, 5) is 2.51. The Kier molecular flexibility index (Phi) is 5.07. The van der Waals surface area contributed by atoms with Crippen LogP contribution in [-0.2, 0) is 0 Å². The highest BCUT2D eigenvalue weighted by Gasteiger charge is 2.18. The van der Waals surface area contributed by atoms with Gasteiger partial charge in [0.25, 0.3) is 0 Å². The van der Waals surface area contributed by atoms with E-state index >= 15 is 0 Å². The lowest BCUT2D eigenvalue weighted by molar-refractivity contribution is 0.179. The van der Waals surface area contributed by atoms with Crippen LogP contribution in [0.4, 0.5) is 5.69 Å². The molecule has 0 aliphatic carbocycles. The number of benzene rings is 1. The van der Waals surface area contributed by atoms with Crippen molar-refractivity contribution in [1.82, 2.24) is 4.90 Å². The minimum Gasteiger partial charge on any atom is -0.385 e. The van der Waals surface area contributed by atoms with Crippen LogP contribution in [0.15, 0.2) is 22.7 Å². The SMILES string of the molecule is Cc1c(Br)cccc1NCCC1CCCCN1C. The van der Waals surface area contributed by atoms with E-state index in [0.717, 1.165) is 12.6 Å². The second-order valence-electron chi connectivity index (χ2n) is 5.26. The van der Waals surface area contributed by atoms with Crippen molar-refractivity contribution in [2.75, 3.05) is 25.5 Å². The molecule has 3 heteroatoms. The highest BCUT2D eigenvalue weighted by atomic mass is 79.9. The van der Waals surface area contributed by atoms with Gasteiger partial charge in [0.1, 0.15) is 0 Å². The average molecular weight is 311 g/mol. The third-order valence-electron chi connectivity index (χ3n) is 3.98. The van der Waals surface area contributed by atoms with Crippen LogP contribution in [0.1, 0.15) is 31.2 Å². The Balaban J connectivity index is 1.83. The molecule has 0 spiro atoms. The predicted octanol–water partition coefficient (Wildman–Crippen LogP) is 4.04. The van der Waals surface area contributed by atoms with Gasteiger partial charge in [0.05, 0.1) is 0 Å². The van der Waals surface area contributed by atoms with Gasteiger partial charge in [-0.15, -0.1) is 0 Å². The highest BCUT2D eigenvalue weighted by molar-refractivity contribution is 9.10. The van der Waals surface area contributed by atoms with E-state index in [1.807, 2.05) is 0 Å². The molecule has 1 aromatic rings. The number of nitrogens with zero attached hydrogens (tertiary/aromatic N) is 1. The first-order chi connectivity index (χ1) is 8.68. The van der Waals surface area contributed by atoms with E-state index in [4.69, 9.17) is 0 Å². The Morgan fingerprint density at radius 1 is 1.39 bits per heavy atom. The third-order valence-corrected chi connectivity index (χ3v) is 4.84. The molecule has 1 heterocycles. The second kappa shape index (κ2) is 6.58. The van der Waals surface area contributed by atoms with Crippen molar-refractivity contribution in [3.63, 3.8) is 0 Å². The molecule has 0 saturated carbocycles. The van der Waals surface area contributed by atoms with Crippen molar-refractivity contribution in [3.8, 4) is 0 Å². The van der Waals surface area contributed by atoms with Crippen molar-refractivity contribution in [2.24, 2.45) is 0 Å². The average Bonchev–Trinajstić information content (AvgIpc) is 2.37. The van der Waals surface area contributed by atoms with Crippen LogP contribution >= 0.6 is 15.9 Å².